The second kappa shape index (κ2) is 6.93. The molecule has 114 valence electrons. The number of imidazole rings is 1. The molecule has 2 aromatic heterocycles. The van der Waals surface area contributed by atoms with Crippen molar-refractivity contribution in [1.82, 2.24) is 14.5 Å². The van der Waals surface area contributed by atoms with E-state index in [9.17, 15) is 4.79 Å². The number of fused-ring (bicyclic) bond motifs is 1. The molecular weight excluding hydrogens is 286 g/mol. The highest BCUT2D eigenvalue weighted by molar-refractivity contribution is 7.99. The van der Waals surface area contributed by atoms with E-state index in [1.54, 1.807) is 0 Å². The van der Waals surface area contributed by atoms with Crippen LogP contribution in [0.1, 0.15) is 44.7 Å². The molecule has 21 heavy (non-hydrogen) atoms. The molecule has 0 saturated carbocycles. The molecule has 0 fully saturated rings. The third-order valence-corrected chi connectivity index (χ3v) is 4.35. The number of carbonyl (C=O) groups is 1. The molecule has 0 aliphatic carbocycles. The van der Waals surface area contributed by atoms with Gasteiger partial charge in [-0.2, -0.15) is 0 Å². The summed E-state index contributed by atoms with van der Waals surface area (Å²) in [6.45, 7) is 6.29. The van der Waals surface area contributed by atoms with Gasteiger partial charge in [0, 0.05) is 12.2 Å². The number of carboxylic acid groups (broad SMARTS) is 1. The van der Waals surface area contributed by atoms with E-state index < -0.39 is 5.97 Å². The van der Waals surface area contributed by atoms with Gasteiger partial charge in [0.15, 0.2) is 10.8 Å². The minimum Gasteiger partial charge on any atom is -0.481 e. The van der Waals surface area contributed by atoms with E-state index in [2.05, 4.69) is 28.4 Å². The molecule has 1 atom stereocenters. The first-order valence-corrected chi connectivity index (χ1v) is 8.24. The molecule has 0 spiro atoms. The Balaban J connectivity index is 2.50. The molecular formula is C15H21N3O2S. The van der Waals surface area contributed by atoms with Crippen LogP contribution in [0.25, 0.3) is 11.2 Å². The molecule has 0 saturated heterocycles. The minimum absolute atomic E-state index is 0.0187. The van der Waals surface area contributed by atoms with Crippen molar-refractivity contribution in [2.24, 2.45) is 0 Å². The second-order valence-corrected chi connectivity index (χ2v) is 6.10. The van der Waals surface area contributed by atoms with Crippen LogP contribution in [0.5, 0.6) is 0 Å². The predicted molar refractivity (Wildman–Crippen MR) is 84.9 cm³/mol. The van der Waals surface area contributed by atoms with Crippen molar-refractivity contribution < 1.29 is 9.90 Å². The Labute approximate surface area is 128 Å². The van der Waals surface area contributed by atoms with Crippen molar-refractivity contribution in [3.05, 3.63) is 17.8 Å². The molecule has 0 aromatic carbocycles. The molecule has 5 nitrogen and oxygen atoms in total. The summed E-state index contributed by atoms with van der Waals surface area (Å²) < 4.78 is 2.12. The Hall–Kier alpha value is -1.56. The third kappa shape index (κ3) is 3.56. The molecule has 0 radical (unpaired) electrons. The number of aromatic nitrogens is 3. The lowest BCUT2D eigenvalue weighted by Gasteiger charge is -2.18. The van der Waals surface area contributed by atoms with E-state index in [-0.39, 0.29) is 5.75 Å². The molecule has 1 unspecified atom stereocenters. The van der Waals surface area contributed by atoms with Crippen molar-refractivity contribution in [2.45, 2.75) is 51.2 Å². The lowest BCUT2D eigenvalue weighted by Crippen LogP contribution is -2.11. The van der Waals surface area contributed by atoms with E-state index in [1.165, 1.54) is 11.8 Å². The molecule has 0 amide bonds. The highest BCUT2D eigenvalue weighted by atomic mass is 32.2. The zero-order valence-electron chi connectivity index (χ0n) is 12.7. The maximum Gasteiger partial charge on any atom is 0.313 e. The molecule has 0 aliphatic heterocycles. The minimum atomic E-state index is -0.828. The summed E-state index contributed by atoms with van der Waals surface area (Å²) >= 11 is 1.27. The zero-order valence-corrected chi connectivity index (χ0v) is 13.5. The maximum absolute atomic E-state index is 10.8. The average Bonchev–Trinajstić information content (AvgIpc) is 2.79. The second-order valence-electron chi connectivity index (χ2n) is 5.15. The Morgan fingerprint density at radius 3 is 2.86 bits per heavy atom. The lowest BCUT2D eigenvalue weighted by atomic mass is 10.1. The fraction of sp³-hybridized carbons (Fsp3) is 0.533. The van der Waals surface area contributed by atoms with Crippen LogP contribution in [-0.2, 0) is 4.79 Å². The van der Waals surface area contributed by atoms with Gasteiger partial charge < -0.3 is 9.67 Å². The van der Waals surface area contributed by atoms with Gasteiger partial charge in [-0.25, -0.2) is 9.97 Å². The Morgan fingerprint density at radius 1 is 1.48 bits per heavy atom. The van der Waals surface area contributed by atoms with E-state index in [1.807, 2.05) is 19.2 Å². The monoisotopic (exact) mass is 307 g/mol. The summed E-state index contributed by atoms with van der Waals surface area (Å²) in [5.41, 5.74) is 2.76. The summed E-state index contributed by atoms with van der Waals surface area (Å²) in [5, 5.41) is 9.67. The highest BCUT2D eigenvalue weighted by Gasteiger charge is 2.19. The van der Waals surface area contributed by atoms with Crippen molar-refractivity contribution >= 4 is 28.9 Å². The van der Waals surface area contributed by atoms with Gasteiger partial charge in [0.2, 0.25) is 0 Å². The number of thioether (sulfide) groups is 1. The maximum atomic E-state index is 10.8. The van der Waals surface area contributed by atoms with Crippen LogP contribution in [0.2, 0.25) is 0 Å². The third-order valence-electron chi connectivity index (χ3n) is 3.42. The summed E-state index contributed by atoms with van der Waals surface area (Å²) in [4.78, 5) is 20.0. The first-order chi connectivity index (χ1) is 10.1. The zero-order chi connectivity index (χ0) is 15.4. The number of carboxylic acids is 1. The summed E-state index contributed by atoms with van der Waals surface area (Å²) in [6.07, 6.45) is 4.94. The standard InChI is InChI=1S/C15H21N3O2S/c1-4-6-11(5-2)18-14-12(7-10(3)8-16-14)17-15(18)21-9-13(19)20/h7-8,11H,4-6,9H2,1-3H3,(H,19,20). The molecule has 6 heteroatoms. The first kappa shape index (κ1) is 15.8. The number of pyridine rings is 1. The number of rotatable bonds is 7. The molecule has 1 N–H and O–H groups in total. The van der Waals surface area contributed by atoms with Crippen molar-refractivity contribution in [3.8, 4) is 0 Å². The van der Waals surface area contributed by atoms with E-state index in [0.717, 1.165) is 41.1 Å². The van der Waals surface area contributed by atoms with Crippen LogP contribution in [-0.4, -0.2) is 31.4 Å². The van der Waals surface area contributed by atoms with E-state index in [4.69, 9.17) is 5.11 Å². The molecule has 0 bridgehead atoms. The average molecular weight is 307 g/mol. The topological polar surface area (TPSA) is 68.0 Å². The van der Waals surface area contributed by atoms with Crippen LogP contribution < -0.4 is 0 Å². The number of hydrogen-bond donors (Lipinski definition) is 1. The van der Waals surface area contributed by atoms with Gasteiger partial charge in [0.1, 0.15) is 5.52 Å². The fourth-order valence-corrected chi connectivity index (χ4v) is 3.26. The molecule has 0 aliphatic rings. The highest BCUT2D eigenvalue weighted by Crippen LogP contribution is 2.30. The molecule has 2 rings (SSSR count). The van der Waals surface area contributed by atoms with Gasteiger partial charge in [-0.1, -0.05) is 32.0 Å². The first-order valence-electron chi connectivity index (χ1n) is 7.26. The van der Waals surface area contributed by atoms with Crippen molar-refractivity contribution in [3.63, 3.8) is 0 Å². The SMILES string of the molecule is CCCC(CC)n1c(SCC(=O)O)nc2cc(C)cnc21. The van der Waals surface area contributed by atoms with Crippen LogP contribution >= 0.6 is 11.8 Å². The molecule has 2 heterocycles. The van der Waals surface area contributed by atoms with Crippen molar-refractivity contribution in [2.75, 3.05) is 5.75 Å². The van der Waals surface area contributed by atoms with Gasteiger partial charge in [0.05, 0.1) is 5.75 Å². The van der Waals surface area contributed by atoms with Gasteiger partial charge in [-0.15, -0.1) is 0 Å². The van der Waals surface area contributed by atoms with Gasteiger partial charge >= 0.3 is 5.97 Å². The fourth-order valence-electron chi connectivity index (χ4n) is 2.47. The van der Waals surface area contributed by atoms with Crippen LogP contribution in [0.15, 0.2) is 17.4 Å². The van der Waals surface area contributed by atoms with Gasteiger partial charge in [0.25, 0.3) is 0 Å². The number of aliphatic carboxylic acids is 1. The van der Waals surface area contributed by atoms with Crippen molar-refractivity contribution in [1.29, 1.82) is 0 Å². The van der Waals surface area contributed by atoms with Crippen LogP contribution in [0.3, 0.4) is 0 Å². The summed E-state index contributed by atoms with van der Waals surface area (Å²) in [7, 11) is 0. The normalized spacial score (nSPS) is 12.7. The molecule has 2 aromatic rings. The number of aryl methyl sites for hydroxylation is 1. The lowest BCUT2D eigenvalue weighted by molar-refractivity contribution is -0.133. The summed E-state index contributed by atoms with van der Waals surface area (Å²) in [5.74, 6) is -0.809. The largest absolute Gasteiger partial charge is 0.481 e. The number of nitrogens with zero attached hydrogens (tertiary/aromatic N) is 3. The van der Waals surface area contributed by atoms with Gasteiger partial charge in [-0.05, 0) is 31.4 Å². The van der Waals surface area contributed by atoms with Crippen LogP contribution in [0.4, 0.5) is 0 Å². The smallest absolute Gasteiger partial charge is 0.313 e. The predicted octanol–water partition coefficient (Wildman–Crippen LogP) is 3.67. The quantitative estimate of drug-likeness (QED) is 0.790. The summed E-state index contributed by atoms with van der Waals surface area (Å²) in [6, 6.07) is 2.31. The Morgan fingerprint density at radius 2 is 2.24 bits per heavy atom. The Bertz CT molecular complexity index is 639. The Kier molecular flexibility index (Phi) is 5.22. The van der Waals surface area contributed by atoms with Gasteiger partial charge in [-0.3, -0.25) is 4.79 Å². The van der Waals surface area contributed by atoms with E-state index >= 15 is 0 Å². The number of hydrogen-bond acceptors (Lipinski definition) is 4. The van der Waals surface area contributed by atoms with E-state index in [0.29, 0.717) is 6.04 Å². The van der Waals surface area contributed by atoms with Crippen LogP contribution in [0, 0.1) is 6.92 Å².